The molecule has 7 heteroatoms. The van der Waals surface area contributed by atoms with Gasteiger partial charge in [-0.2, -0.15) is 5.26 Å². The molecule has 0 bridgehead atoms. The average molecular weight is 349 g/mol. The van der Waals surface area contributed by atoms with Crippen LogP contribution in [0.1, 0.15) is 39.2 Å². The standard InChI is InChI=1S/C18H15N5OS/c19-9-15-14-6-1-2-7-16(14)25-18(15)22-17(24)12-4-3-5-13(8-12)23-10-20-21-11-23/h3-5,8,10-11H,1-2,6-7H2,(H,22,24). The third-order valence-corrected chi connectivity index (χ3v) is 5.54. The molecular weight excluding hydrogens is 334 g/mol. The van der Waals surface area contributed by atoms with Crippen LogP contribution in [0.3, 0.4) is 0 Å². The number of aryl methyl sites for hydroxylation is 1. The fourth-order valence-corrected chi connectivity index (χ4v) is 4.32. The van der Waals surface area contributed by atoms with Gasteiger partial charge >= 0.3 is 0 Å². The molecule has 0 atom stereocenters. The average Bonchev–Trinajstić information content (AvgIpc) is 3.29. The van der Waals surface area contributed by atoms with E-state index < -0.39 is 0 Å². The Bertz CT molecular complexity index is 968. The van der Waals surface area contributed by atoms with Crippen LogP contribution >= 0.6 is 11.3 Å². The smallest absolute Gasteiger partial charge is 0.256 e. The third-order valence-electron chi connectivity index (χ3n) is 4.34. The maximum atomic E-state index is 12.7. The minimum absolute atomic E-state index is 0.218. The lowest BCUT2D eigenvalue weighted by Gasteiger charge is -2.09. The van der Waals surface area contributed by atoms with E-state index in [1.807, 2.05) is 12.1 Å². The predicted molar refractivity (Wildman–Crippen MR) is 95.0 cm³/mol. The number of nitriles is 1. The number of fused-ring (bicyclic) bond motifs is 1. The van der Waals surface area contributed by atoms with E-state index in [2.05, 4.69) is 21.6 Å². The quantitative estimate of drug-likeness (QED) is 0.786. The number of amides is 1. The molecule has 0 saturated heterocycles. The molecule has 1 aliphatic carbocycles. The largest absolute Gasteiger partial charge is 0.312 e. The summed E-state index contributed by atoms with van der Waals surface area (Å²) in [6, 6.07) is 9.49. The lowest BCUT2D eigenvalue weighted by Crippen LogP contribution is -2.12. The zero-order valence-electron chi connectivity index (χ0n) is 13.4. The van der Waals surface area contributed by atoms with Crippen molar-refractivity contribution in [2.45, 2.75) is 25.7 Å². The summed E-state index contributed by atoms with van der Waals surface area (Å²) in [7, 11) is 0. The van der Waals surface area contributed by atoms with Crippen molar-refractivity contribution in [3.63, 3.8) is 0 Å². The van der Waals surface area contributed by atoms with E-state index in [-0.39, 0.29) is 5.91 Å². The van der Waals surface area contributed by atoms with Crippen molar-refractivity contribution in [3.05, 3.63) is 58.5 Å². The highest BCUT2D eigenvalue weighted by molar-refractivity contribution is 7.16. The first kappa shape index (κ1) is 15.5. The van der Waals surface area contributed by atoms with Gasteiger partial charge in [-0.1, -0.05) is 6.07 Å². The van der Waals surface area contributed by atoms with Gasteiger partial charge in [-0.15, -0.1) is 21.5 Å². The second-order valence-corrected chi connectivity index (χ2v) is 7.01. The van der Waals surface area contributed by atoms with Crippen LogP contribution in [0.4, 0.5) is 5.00 Å². The highest BCUT2D eigenvalue weighted by Gasteiger charge is 2.22. The van der Waals surface area contributed by atoms with Gasteiger partial charge in [0.2, 0.25) is 0 Å². The van der Waals surface area contributed by atoms with Crippen molar-refractivity contribution >= 4 is 22.2 Å². The zero-order valence-corrected chi connectivity index (χ0v) is 14.2. The molecule has 0 spiro atoms. The maximum absolute atomic E-state index is 12.7. The summed E-state index contributed by atoms with van der Waals surface area (Å²) in [5.41, 5.74) is 3.08. The van der Waals surface area contributed by atoms with E-state index in [1.165, 1.54) is 16.2 Å². The number of thiophene rings is 1. The summed E-state index contributed by atoms with van der Waals surface area (Å²) in [6.45, 7) is 0. The Morgan fingerprint density at radius 2 is 2.04 bits per heavy atom. The van der Waals surface area contributed by atoms with Crippen molar-refractivity contribution in [2.75, 3.05) is 5.32 Å². The van der Waals surface area contributed by atoms with Crippen LogP contribution in [-0.4, -0.2) is 20.7 Å². The second kappa shape index (κ2) is 6.49. The van der Waals surface area contributed by atoms with E-state index in [9.17, 15) is 10.1 Å². The molecule has 2 heterocycles. The van der Waals surface area contributed by atoms with Gasteiger partial charge in [0, 0.05) is 16.1 Å². The van der Waals surface area contributed by atoms with Crippen LogP contribution in [0, 0.1) is 11.3 Å². The van der Waals surface area contributed by atoms with E-state index in [0.717, 1.165) is 36.9 Å². The number of carbonyl (C=O) groups is 1. The molecule has 3 aromatic rings. The van der Waals surface area contributed by atoms with Gasteiger partial charge < -0.3 is 5.32 Å². The van der Waals surface area contributed by atoms with Gasteiger partial charge in [0.15, 0.2) is 0 Å². The Balaban J connectivity index is 1.62. The normalized spacial score (nSPS) is 13.1. The molecule has 124 valence electrons. The molecule has 0 saturated carbocycles. The van der Waals surface area contributed by atoms with Gasteiger partial charge in [0.05, 0.1) is 5.56 Å². The van der Waals surface area contributed by atoms with E-state index >= 15 is 0 Å². The number of nitrogens with one attached hydrogen (secondary N) is 1. The summed E-state index contributed by atoms with van der Waals surface area (Å²) < 4.78 is 1.74. The number of nitrogens with zero attached hydrogens (tertiary/aromatic N) is 4. The molecule has 25 heavy (non-hydrogen) atoms. The van der Waals surface area contributed by atoms with Gasteiger partial charge in [0.1, 0.15) is 23.7 Å². The molecule has 1 N–H and O–H groups in total. The minimum atomic E-state index is -0.218. The molecule has 2 aromatic heterocycles. The number of aromatic nitrogens is 3. The van der Waals surface area contributed by atoms with Crippen molar-refractivity contribution in [3.8, 4) is 11.8 Å². The monoisotopic (exact) mass is 349 g/mol. The Labute approximate surface area is 148 Å². The lowest BCUT2D eigenvalue weighted by molar-refractivity contribution is 0.102. The highest BCUT2D eigenvalue weighted by atomic mass is 32.1. The van der Waals surface area contributed by atoms with Crippen molar-refractivity contribution in [2.24, 2.45) is 0 Å². The van der Waals surface area contributed by atoms with Crippen molar-refractivity contribution in [1.82, 2.24) is 14.8 Å². The molecule has 0 aliphatic heterocycles. The number of anilines is 1. The van der Waals surface area contributed by atoms with Crippen LogP contribution in [0.25, 0.3) is 5.69 Å². The number of rotatable bonds is 3. The first-order chi connectivity index (χ1) is 12.3. The second-order valence-electron chi connectivity index (χ2n) is 5.90. The van der Waals surface area contributed by atoms with Crippen LogP contribution in [-0.2, 0) is 12.8 Å². The highest BCUT2D eigenvalue weighted by Crippen LogP contribution is 2.37. The van der Waals surface area contributed by atoms with Crippen LogP contribution in [0.2, 0.25) is 0 Å². The first-order valence-electron chi connectivity index (χ1n) is 8.07. The number of hydrogen-bond acceptors (Lipinski definition) is 5. The van der Waals surface area contributed by atoms with Gasteiger partial charge in [-0.3, -0.25) is 9.36 Å². The summed E-state index contributed by atoms with van der Waals surface area (Å²) in [6.07, 6.45) is 7.33. The molecule has 0 radical (unpaired) electrons. The Hall–Kier alpha value is -2.98. The molecule has 1 aliphatic rings. The molecule has 6 nitrogen and oxygen atoms in total. The SMILES string of the molecule is N#Cc1c(NC(=O)c2cccc(-n3cnnc3)c2)sc2c1CCCC2. The van der Waals surface area contributed by atoms with Gasteiger partial charge in [0.25, 0.3) is 5.91 Å². The first-order valence-corrected chi connectivity index (χ1v) is 8.89. The summed E-state index contributed by atoms with van der Waals surface area (Å²) in [5, 5.41) is 20.6. The summed E-state index contributed by atoms with van der Waals surface area (Å²) in [5.74, 6) is -0.218. The maximum Gasteiger partial charge on any atom is 0.256 e. The molecule has 0 unspecified atom stereocenters. The Morgan fingerprint density at radius 3 is 2.84 bits per heavy atom. The molecule has 1 aromatic carbocycles. The Kier molecular flexibility index (Phi) is 4.04. The fourth-order valence-electron chi connectivity index (χ4n) is 3.09. The summed E-state index contributed by atoms with van der Waals surface area (Å²) >= 11 is 1.53. The topological polar surface area (TPSA) is 83.6 Å². The number of carbonyl (C=O) groups excluding carboxylic acids is 1. The number of hydrogen-bond donors (Lipinski definition) is 1. The van der Waals surface area contributed by atoms with Gasteiger partial charge in [-0.05, 0) is 49.4 Å². The lowest BCUT2D eigenvalue weighted by atomic mass is 9.96. The molecule has 4 rings (SSSR count). The van der Waals surface area contributed by atoms with E-state index in [0.29, 0.717) is 16.1 Å². The molecule has 0 fully saturated rings. The predicted octanol–water partition coefficient (Wildman–Crippen LogP) is 3.33. The molecular formula is C18H15N5OS. The van der Waals surface area contributed by atoms with Crippen LogP contribution in [0.5, 0.6) is 0 Å². The zero-order chi connectivity index (χ0) is 17.2. The van der Waals surface area contributed by atoms with Crippen LogP contribution in [0.15, 0.2) is 36.9 Å². The fraction of sp³-hybridized carbons (Fsp3) is 0.222. The molecule has 1 amide bonds. The van der Waals surface area contributed by atoms with E-state index in [1.54, 1.807) is 29.4 Å². The Morgan fingerprint density at radius 1 is 1.24 bits per heavy atom. The van der Waals surface area contributed by atoms with E-state index in [4.69, 9.17) is 0 Å². The van der Waals surface area contributed by atoms with Crippen molar-refractivity contribution < 1.29 is 4.79 Å². The number of benzene rings is 1. The third kappa shape index (κ3) is 2.92. The van der Waals surface area contributed by atoms with Crippen molar-refractivity contribution in [1.29, 1.82) is 5.26 Å². The summed E-state index contributed by atoms with van der Waals surface area (Å²) in [4.78, 5) is 13.9. The van der Waals surface area contributed by atoms with Gasteiger partial charge in [-0.25, -0.2) is 0 Å². The minimum Gasteiger partial charge on any atom is -0.312 e. The van der Waals surface area contributed by atoms with Crippen LogP contribution < -0.4 is 5.32 Å².